The number of hydrogen-bond donors (Lipinski definition) is 0. The molecule has 0 aliphatic carbocycles. The molecule has 0 saturated carbocycles. The molecule has 1 aromatic heterocycles. The summed E-state index contributed by atoms with van der Waals surface area (Å²) < 4.78 is 6.92. The highest BCUT2D eigenvalue weighted by Gasteiger charge is 2.22. The highest BCUT2D eigenvalue weighted by atomic mass is 16.3. The first-order valence-electron chi connectivity index (χ1n) is 18.9. The van der Waals surface area contributed by atoms with Crippen LogP contribution in [0, 0.1) is 0 Å². The number of furan rings is 1. The van der Waals surface area contributed by atoms with Crippen molar-refractivity contribution >= 4 is 54.1 Å². The van der Waals surface area contributed by atoms with Gasteiger partial charge in [0.2, 0.25) is 0 Å². The molecular formula is C54H34O. The van der Waals surface area contributed by atoms with Gasteiger partial charge in [-0.15, -0.1) is 0 Å². The van der Waals surface area contributed by atoms with E-state index >= 15 is 0 Å². The Labute approximate surface area is 319 Å². The lowest BCUT2D eigenvalue weighted by Gasteiger charge is -2.18. The van der Waals surface area contributed by atoms with Crippen LogP contribution in [0.3, 0.4) is 0 Å². The summed E-state index contributed by atoms with van der Waals surface area (Å²) in [6.07, 6.45) is 0. The van der Waals surface area contributed by atoms with E-state index in [0.717, 1.165) is 39.0 Å². The van der Waals surface area contributed by atoms with Crippen molar-refractivity contribution in [2.75, 3.05) is 0 Å². The number of hydrogen-bond acceptors (Lipinski definition) is 1. The Morgan fingerprint density at radius 1 is 0.255 bits per heavy atom. The van der Waals surface area contributed by atoms with Crippen LogP contribution in [0.2, 0.25) is 0 Å². The molecule has 1 heterocycles. The molecule has 11 rings (SSSR count). The zero-order chi connectivity index (χ0) is 36.3. The third-order valence-corrected chi connectivity index (χ3v) is 11.2. The molecule has 0 N–H and O–H groups in total. The molecule has 0 saturated heterocycles. The van der Waals surface area contributed by atoms with E-state index in [1.165, 1.54) is 70.9 Å². The lowest BCUT2D eigenvalue weighted by atomic mass is 9.85. The molecule has 0 aliphatic heterocycles. The van der Waals surface area contributed by atoms with Gasteiger partial charge in [-0.05, 0) is 106 Å². The van der Waals surface area contributed by atoms with Gasteiger partial charge < -0.3 is 4.42 Å². The fraction of sp³-hybridized carbons (Fsp3) is 0. The monoisotopic (exact) mass is 698 g/mol. The molecule has 0 fully saturated rings. The SMILES string of the molecule is c1ccc(-c2cccc(-c3oc4cc5ccccc5cc4c3-c3cccc4cc(-c5c6ccccc6c(-c6ccccc6)c6ccccc56)ccc34)c2)cc1. The zero-order valence-electron chi connectivity index (χ0n) is 30.0. The Kier molecular flexibility index (Phi) is 7.25. The van der Waals surface area contributed by atoms with Crippen molar-refractivity contribution < 1.29 is 4.42 Å². The molecule has 10 aromatic carbocycles. The van der Waals surface area contributed by atoms with Crippen molar-refractivity contribution in [1.82, 2.24) is 0 Å². The summed E-state index contributed by atoms with van der Waals surface area (Å²) in [5.74, 6) is 0.883. The van der Waals surface area contributed by atoms with E-state index in [-0.39, 0.29) is 0 Å². The standard InChI is InChI=1S/C54H34O/c1-3-15-35(16-4-1)37-21-13-23-42(31-37)54-53(49-33-38-19-7-8-20-39(38)34-50(49)55-54)44-28-14-22-40-32-41(29-30-43(40)44)52-47-26-11-9-24-45(47)51(36-17-5-2-6-18-36)46-25-10-12-27-48(46)52/h1-34H. The van der Waals surface area contributed by atoms with Gasteiger partial charge in [-0.1, -0.05) is 182 Å². The maximum absolute atomic E-state index is 6.92. The summed E-state index contributed by atoms with van der Waals surface area (Å²) in [4.78, 5) is 0. The van der Waals surface area contributed by atoms with Crippen LogP contribution >= 0.6 is 0 Å². The maximum atomic E-state index is 6.92. The van der Waals surface area contributed by atoms with Crippen molar-refractivity contribution in [3.8, 4) is 55.8 Å². The fourth-order valence-corrected chi connectivity index (χ4v) is 8.74. The van der Waals surface area contributed by atoms with E-state index in [4.69, 9.17) is 4.42 Å². The molecule has 0 amide bonds. The third-order valence-electron chi connectivity index (χ3n) is 11.2. The largest absolute Gasteiger partial charge is 0.455 e. The molecule has 256 valence electrons. The second kappa shape index (κ2) is 12.7. The van der Waals surface area contributed by atoms with Gasteiger partial charge in [0.1, 0.15) is 11.3 Å². The van der Waals surface area contributed by atoms with Crippen LogP contribution in [0.1, 0.15) is 0 Å². The summed E-state index contributed by atoms with van der Waals surface area (Å²) in [7, 11) is 0. The Hall–Kier alpha value is -7.22. The number of fused-ring (bicyclic) bond motifs is 5. The fourth-order valence-electron chi connectivity index (χ4n) is 8.74. The van der Waals surface area contributed by atoms with E-state index in [9.17, 15) is 0 Å². The van der Waals surface area contributed by atoms with Gasteiger partial charge >= 0.3 is 0 Å². The third kappa shape index (κ3) is 5.16. The highest BCUT2D eigenvalue weighted by Crippen LogP contribution is 2.47. The first-order valence-corrected chi connectivity index (χ1v) is 18.9. The number of rotatable bonds is 5. The van der Waals surface area contributed by atoms with E-state index in [0.29, 0.717) is 0 Å². The Morgan fingerprint density at radius 2 is 0.782 bits per heavy atom. The van der Waals surface area contributed by atoms with Gasteiger partial charge in [0.05, 0.1) is 0 Å². The summed E-state index contributed by atoms with van der Waals surface area (Å²) >= 11 is 0. The smallest absolute Gasteiger partial charge is 0.143 e. The molecule has 55 heavy (non-hydrogen) atoms. The van der Waals surface area contributed by atoms with E-state index in [1.807, 2.05) is 0 Å². The number of benzene rings is 10. The molecular weight excluding hydrogens is 665 g/mol. The molecule has 0 bridgehead atoms. The van der Waals surface area contributed by atoms with Gasteiger partial charge in [0.25, 0.3) is 0 Å². The van der Waals surface area contributed by atoms with Crippen molar-refractivity contribution in [2.45, 2.75) is 0 Å². The maximum Gasteiger partial charge on any atom is 0.143 e. The predicted octanol–water partition coefficient (Wildman–Crippen LogP) is 15.4. The van der Waals surface area contributed by atoms with Gasteiger partial charge in [0, 0.05) is 16.5 Å². The molecule has 11 aromatic rings. The molecule has 0 spiro atoms. The van der Waals surface area contributed by atoms with Crippen LogP contribution in [-0.4, -0.2) is 0 Å². The molecule has 1 heteroatoms. The van der Waals surface area contributed by atoms with E-state index in [1.54, 1.807) is 0 Å². The lowest BCUT2D eigenvalue weighted by molar-refractivity contribution is 0.633. The van der Waals surface area contributed by atoms with Crippen molar-refractivity contribution in [1.29, 1.82) is 0 Å². The average molecular weight is 699 g/mol. The topological polar surface area (TPSA) is 13.1 Å². The van der Waals surface area contributed by atoms with Gasteiger partial charge in [0.15, 0.2) is 0 Å². The zero-order valence-corrected chi connectivity index (χ0v) is 30.0. The predicted molar refractivity (Wildman–Crippen MR) is 233 cm³/mol. The van der Waals surface area contributed by atoms with E-state index in [2.05, 4.69) is 206 Å². The molecule has 0 atom stereocenters. The van der Waals surface area contributed by atoms with Crippen LogP contribution in [0.5, 0.6) is 0 Å². The summed E-state index contributed by atoms with van der Waals surface area (Å²) in [6, 6.07) is 74.6. The highest BCUT2D eigenvalue weighted by molar-refractivity contribution is 6.22. The summed E-state index contributed by atoms with van der Waals surface area (Å²) in [5, 5.41) is 10.9. The minimum absolute atomic E-state index is 0.883. The Balaban J connectivity index is 1.15. The Morgan fingerprint density at radius 3 is 1.47 bits per heavy atom. The molecule has 0 radical (unpaired) electrons. The van der Waals surface area contributed by atoms with Gasteiger partial charge in [-0.25, -0.2) is 0 Å². The van der Waals surface area contributed by atoms with Crippen LogP contribution in [0.25, 0.3) is 110 Å². The van der Waals surface area contributed by atoms with E-state index < -0.39 is 0 Å². The minimum atomic E-state index is 0.883. The van der Waals surface area contributed by atoms with Gasteiger partial charge in [-0.3, -0.25) is 0 Å². The van der Waals surface area contributed by atoms with Crippen LogP contribution in [0.4, 0.5) is 0 Å². The normalized spacial score (nSPS) is 11.6. The second-order valence-electron chi connectivity index (χ2n) is 14.4. The van der Waals surface area contributed by atoms with Crippen LogP contribution in [0.15, 0.2) is 211 Å². The minimum Gasteiger partial charge on any atom is -0.455 e. The van der Waals surface area contributed by atoms with Crippen LogP contribution in [-0.2, 0) is 0 Å². The van der Waals surface area contributed by atoms with Crippen LogP contribution < -0.4 is 0 Å². The quantitative estimate of drug-likeness (QED) is 0.163. The average Bonchev–Trinajstić information content (AvgIpc) is 3.63. The first-order chi connectivity index (χ1) is 27.3. The lowest BCUT2D eigenvalue weighted by Crippen LogP contribution is -1.91. The van der Waals surface area contributed by atoms with Crippen molar-refractivity contribution in [2.24, 2.45) is 0 Å². The van der Waals surface area contributed by atoms with Crippen molar-refractivity contribution in [3.63, 3.8) is 0 Å². The Bertz CT molecular complexity index is 3190. The summed E-state index contributed by atoms with van der Waals surface area (Å²) in [6.45, 7) is 0. The summed E-state index contributed by atoms with van der Waals surface area (Å²) in [5.41, 5.74) is 11.5. The van der Waals surface area contributed by atoms with Gasteiger partial charge in [-0.2, -0.15) is 0 Å². The molecule has 0 unspecified atom stereocenters. The second-order valence-corrected chi connectivity index (χ2v) is 14.4. The molecule has 1 nitrogen and oxygen atoms in total. The van der Waals surface area contributed by atoms with Crippen molar-refractivity contribution in [3.05, 3.63) is 206 Å². The first kappa shape index (κ1) is 31.3. The molecule has 0 aliphatic rings.